The molecule has 0 saturated carbocycles. The van der Waals surface area contributed by atoms with Gasteiger partial charge in [-0.25, -0.2) is 4.79 Å². The molecule has 5 nitrogen and oxygen atoms in total. The number of nitrogens with two attached hydrogens (primary N) is 1. The molecule has 0 bridgehead atoms. The van der Waals surface area contributed by atoms with E-state index < -0.39 is 6.09 Å². The first-order valence-electron chi connectivity index (χ1n) is 7.15. The predicted octanol–water partition coefficient (Wildman–Crippen LogP) is 3.84. The van der Waals surface area contributed by atoms with Crippen molar-refractivity contribution < 1.29 is 9.53 Å². The van der Waals surface area contributed by atoms with E-state index >= 15 is 0 Å². The van der Waals surface area contributed by atoms with Gasteiger partial charge in [-0.3, -0.25) is 4.98 Å². The van der Waals surface area contributed by atoms with Crippen LogP contribution in [0.3, 0.4) is 0 Å². The molecular weight excluding hydrogens is 290 g/mol. The molecule has 2 aromatic carbocycles. The number of fused-ring (bicyclic) bond motifs is 3. The van der Waals surface area contributed by atoms with Gasteiger partial charge in [0.2, 0.25) is 0 Å². The van der Waals surface area contributed by atoms with Crippen LogP contribution in [0.2, 0.25) is 0 Å². The minimum atomic E-state index is -0.835. The number of hydrogen-bond donors (Lipinski definition) is 2. The number of ether oxygens (including phenoxy) is 1. The highest BCUT2D eigenvalue weighted by atomic mass is 16.5. The zero-order chi connectivity index (χ0) is 15.8. The SMILES string of the molecule is NC(=O)Oc1c(-c2ccccc2)[nH]c2c1ccc1cnccc12. The number of carbonyl (C=O) groups excluding carboxylic acids is 1. The van der Waals surface area contributed by atoms with E-state index in [0.29, 0.717) is 5.75 Å². The molecule has 23 heavy (non-hydrogen) atoms. The number of carbonyl (C=O) groups is 1. The van der Waals surface area contributed by atoms with Crippen LogP contribution >= 0.6 is 0 Å². The van der Waals surface area contributed by atoms with Crippen LogP contribution in [0.1, 0.15) is 0 Å². The number of pyridine rings is 1. The Bertz CT molecular complexity index is 1020. The van der Waals surface area contributed by atoms with Crippen molar-refractivity contribution in [2.24, 2.45) is 5.73 Å². The average Bonchev–Trinajstić information content (AvgIpc) is 2.94. The molecule has 5 heteroatoms. The van der Waals surface area contributed by atoms with Gasteiger partial charge in [0.25, 0.3) is 0 Å². The molecule has 0 aliphatic heterocycles. The maximum absolute atomic E-state index is 11.3. The fraction of sp³-hybridized carbons (Fsp3) is 0. The highest BCUT2D eigenvalue weighted by Gasteiger charge is 2.18. The van der Waals surface area contributed by atoms with Gasteiger partial charge in [0.05, 0.1) is 11.2 Å². The first-order chi connectivity index (χ1) is 11.2. The summed E-state index contributed by atoms with van der Waals surface area (Å²) in [6, 6.07) is 15.5. The molecule has 0 atom stereocenters. The van der Waals surface area contributed by atoms with Gasteiger partial charge in [-0.2, -0.15) is 0 Å². The predicted molar refractivity (Wildman–Crippen MR) is 89.2 cm³/mol. The Morgan fingerprint density at radius 1 is 1.04 bits per heavy atom. The second kappa shape index (κ2) is 5.14. The van der Waals surface area contributed by atoms with Crippen LogP contribution in [-0.2, 0) is 0 Å². The number of aromatic nitrogens is 2. The van der Waals surface area contributed by atoms with E-state index in [0.717, 1.165) is 32.9 Å². The van der Waals surface area contributed by atoms with E-state index in [-0.39, 0.29) is 0 Å². The molecule has 2 aromatic heterocycles. The molecule has 3 N–H and O–H groups in total. The van der Waals surface area contributed by atoms with Crippen molar-refractivity contribution in [1.29, 1.82) is 0 Å². The van der Waals surface area contributed by atoms with Gasteiger partial charge in [-0.1, -0.05) is 36.4 Å². The van der Waals surface area contributed by atoms with E-state index in [9.17, 15) is 4.79 Å². The third-order valence-electron chi connectivity index (χ3n) is 3.81. The summed E-state index contributed by atoms with van der Waals surface area (Å²) >= 11 is 0. The highest BCUT2D eigenvalue weighted by molar-refractivity contribution is 6.10. The van der Waals surface area contributed by atoms with Crippen LogP contribution in [0, 0.1) is 0 Å². The molecule has 4 rings (SSSR count). The number of hydrogen-bond acceptors (Lipinski definition) is 3. The lowest BCUT2D eigenvalue weighted by Crippen LogP contribution is -2.16. The first kappa shape index (κ1) is 13.3. The third kappa shape index (κ3) is 2.19. The summed E-state index contributed by atoms with van der Waals surface area (Å²) in [4.78, 5) is 18.8. The van der Waals surface area contributed by atoms with E-state index in [1.165, 1.54) is 0 Å². The van der Waals surface area contributed by atoms with E-state index in [4.69, 9.17) is 10.5 Å². The molecule has 0 aliphatic rings. The number of nitrogens with zero attached hydrogens (tertiary/aromatic N) is 1. The molecule has 2 heterocycles. The van der Waals surface area contributed by atoms with Crippen molar-refractivity contribution in [3.63, 3.8) is 0 Å². The lowest BCUT2D eigenvalue weighted by Gasteiger charge is -2.04. The molecule has 4 aromatic rings. The van der Waals surface area contributed by atoms with Crippen molar-refractivity contribution in [3.8, 4) is 17.0 Å². The van der Waals surface area contributed by atoms with Gasteiger partial charge in [-0.15, -0.1) is 0 Å². The molecule has 0 fully saturated rings. The van der Waals surface area contributed by atoms with Crippen LogP contribution in [0.15, 0.2) is 60.9 Å². The third-order valence-corrected chi connectivity index (χ3v) is 3.81. The maximum atomic E-state index is 11.3. The average molecular weight is 303 g/mol. The number of amides is 1. The second-order valence-corrected chi connectivity index (χ2v) is 5.20. The Balaban J connectivity index is 2.08. The zero-order valence-electron chi connectivity index (χ0n) is 12.1. The van der Waals surface area contributed by atoms with Crippen LogP contribution in [-0.4, -0.2) is 16.1 Å². The quantitative estimate of drug-likeness (QED) is 0.590. The minimum absolute atomic E-state index is 0.442. The lowest BCUT2D eigenvalue weighted by atomic mass is 10.1. The van der Waals surface area contributed by atoms with Crippen molar-refractivity contribution in [2.75, 3.05) is 0 Å². The van der Waals surface area contributed by atoms with Crippen molar-refractivity contribution in [3.05, 3.63) is 60.9 Å². The lowest BCUT2D eigenvalue weighted by molar-refractivity contribution is 0.211. The summed E-state index contributed by atoms with van der Waals surface area (Å²) in [5.41, 5.74) is 7.78. The molecule has 0 spiro atoms. The number of H-pyrrole nitrogens is 1. The fourth-order valence-electron chi connectivity index (χ4n) is 2.82. The number of rotatable bonds is 2. The first-order valence-corrected chi connectivity index (χ1v) is 7.15. The zero-order valence-corrected chi connectivity index (χ0v) is 12.1. The maximum Gasteiger partial charge on any atom is 0.410 e. The van der Waals surface area contributed by atoms with Crippen LogP contribution < -0.4 is 10.5 Å². The summed E-state index contributed by atoms with van der Waals surface area (Å²) < 4.78 is 5.29. The van der Waals surface area contributed by atoms with Gasteiger partial charge < -0.3 is 15.5 Å². The van der Waals surface area contributed by atoms with E-state index in [2.05, 4.69) is 9.97 Å². The van der Waals surface area contributed by atoms with Crippen molar-refractivity contribution in [1.82, 2.24) is 9.97 Å². The largest absolute Gasteiger partial charge is 0.410 e. The second-order valence-electron chi connectivity index (χ2n) is 5.20. The topological polar surface area (TPSA) is 81.0 Å². The molecule has 0 aliphatic carbocycles. The molecule has 112 valence electrons. The van der Waals surface area contributed by atoms with Crippen LogP contribution in [0.4, 0.5) is 4.79 Å². The highest BCUT2D eigenvalue weighted by Crippen LogP contribution is 2.39. The standard InChI is InChI=1S/C18H13N3O2/c19-18(22)23-17-14-7-6-12-10-20-9-8-13(12)16(14)21-15(17)11-4-2-1-3-5-11/h1-10,21H,(H2,19,22). The van der Waals surface area contributed by atoms with Gasteiger partial charge in [0.1, 0.15) is 0 Å². The summed E-state index contributed by atoms with van der Waals surface area (Å²) in [6.45, 7) is 0. The Morgan fingerprint density at radius 3 is 2.65 bits per heavy atom. The van der Waals surface area contributed by atoms with Gasteiger partial charge in [-0.05, 0) is 12.1 Å². The Kier molecular flexibility index (Phi) is 2.98. The Morgan fingerprint density at radius 2 is 1.87 bits per heavy atom. The summed E-state index contributed by atoms with van der Waals surface area (Å²) in [6.07, 6.45) is 2.70. The van der Waals surface area contributed by atoms with Gasteiger partial charge in [0, 0.05) is 34.1 Å². The molecule has 0 radical (unpaired) electrons. The summed E-state index contributed by atoms with van der Waals surface area (Å²) in [5.74, 6) is 0.442. The smallest absolute Gasteiger partial charge is 0.408 e. The van der Waals surface area contributed by atoms with E-state index in [1.54, 1.807) is 12.4 Å². The number of nitrogens with one attached hydrogen (secondary N) is 1. The van der Waals surface area contributed by atoms with Crippen LogP contribution in [0.5, 0.6) is 5.75 Å². The number of primary amides is 1. The molecule has 0 unspecified atom stereocenters. The normalized spacial score (nSPS) is 11.0. The van der Waals surface area contributed by atoms with Gasteiger partial charge in [0.15, 0.2) is 5.75 Å². The van der Waals surface area contributed by atoms with E-state index in [1.807, 2.05) is 48.5 Å². The monoisotopic (exact) mass is 303 g/mol. The van der Waals surface area contributed by atoms with Crippen molar-refractivity contribution >= 4 is 27.8 Å². The Hall–Kier alpha value is -3.34. The summed E-state index contributed by atoms with van der Waals surface area (Å²) in [5, 5.41) is 2.82. The molecular formula is C18H13N3O2. The Labute approximate surface area is 131 Å². The fourth-order valence-corrected chi connectivity index (χ4v) is 2.82. The number of benzene rings is 2. The number of aromatic amines is 1. The van der Waals surface area contributed by atoms with Crippen molar-refractivity contribution in [2.45, 2.75) is 0 Å². The minimum Gasteiger partial charge on any atom is -0.408 e. The summed E-state index contributed by atoms with van der Waals surface area (Å²) in [7, 11) is 0. The molecule has 0 saturated heterocycles. The van der Waals surface area contributed by atoms with Gasteiger partial charge >= 0.3 is 6.09 Å². The van der Waals surface area contributed by atoms with Crippen LogP contribution in [0.25, 0.3) is 32.9 Å². The molecule has 1 amide bonds.